The third-order valence-electron chi connectivity index (χ3n) is 6.11. The first-order chi connectivity index (χ1) is 18.5. The standard InChI is InChI=1S/C30H21F2N5O/c31-25-12-15-28(27(32)16-25)37(26-13-10-24(11-14-26)30(38)23-4-2-1-3-5-23)19-29-35-34-20-36(29)18-22-8-6-21(17-33)7-9-22/h1-16,20H,18-19H2. The van der Waals surface area contributed by atoms with Gasteiger partial charge in [-0.05, 0) is 54.1 Å². The third kappa shape index (κ3) is 5.32. The lowest BCUT2D eigenvalue weighted by molar-refractivity contribution is 0.103. The molecule has 0 fully saturated rings. The number of halogens is 2. The Hall–Kier alpha value is -5.16. The molecular weight excluding hydrogens is 484 g/mol. The maximum absolute atomic E-state index is 15.0. The van der Waals surface area contributed by atoms with Gasteiger partial charge in [-0.2, -0.15) is 5.26 Å². The van der Waals surface area contributed by atoms with E-state index in [0.717, 1.165) is 11.6 Å². The lowest BCUT2D eigenvalue weighted by Crippen LogP contribution is -2.21. The fraction of sp³-hybridized carbons (Fsp3) is 0.0667. The number of hydrogen-bond donors (Lipinski definition) is 0. The van der Waals surface area contributed by atoms with Crippen LogP contribution >= 0.6 is 0 Å². The summed E-state index contributed by atoms with van der Waals surface area (Å²) in [4.78, 5) is 14.5. The quantitative estimate of drug-likeness (QED) is 0.240. The molecule has 5 aromatic rings. The zero-order chi connectivity index (χ0) is 26.5. The summed E-state index contributed by atoms with van der Waals surface area (Å²) in [5.41, 5.74) is 3.30. The van der Waals surface area contributed by atoms with Crippen LogP contribution in [0, 0.1) is 23.0 Å². The largest absolute Gasteiger partial charge is 0.331 e. The van der Waals surface area contributed by atoms with Gasteiger partial charge in [-0.25, -0.2) is 8.78 Å². The van der Waals surface area contributed by atoms with Crippen LogP contribution < -0.4 is 4.90 Å². The van der Waals surface area contributed by atoms with E-state index in [4.69, 9.17) is 5.26 Å². The molecule has 0 unspecified atom stereocenters. The second-order valence-electron chi connectivity index (χ2n) is 8.61. The summed E-state index contributed by atoms with van der Waals surface area (Å²) in [6, 6.07) is 28.4. The Kier molecular flexibility index (Phi) is 7.00. The van der Waals surface area contributed by atoms with Crippen molar-refractivity contribution in [3.8, 4) is 6.07 Å². The minimum atomic E-state index is -0.729. The van der Waals surface area contributed by atoms with E-state index in [1.165, 1.54) is 12.1 Å². The van der Waals surface area contributed by atoms with Gasteiger partial charge in [0.25, 0.3) is 0 Å². The summed E-state index contributed by atoms with van der Waals surface area (Å²) >= 11 is 0. The van der Waals surface area contributed by atoms with Crippen LogP contribution in [-0.2, 0) is 13.1 Å². The number of nitriles is 1. The minimum Gasteiger partial charge on any atom is -0.331 e. The molecule has 1 heterocycles. The van der Waals surface area contributed by atoms with Crippen molar-refractivity contribution in [2.45, 2.75) is 13.1 Å². The Morgan fingerprint density at radius 3 is 2.29 bits per heavy atom. The van der Waals surface area contributed by atoms with E-state index in [9.17, 15) is 13.6 Å². The van der Waals surface area contributed by atoms with Crippen LogP contribution in [0.15, 0.2) is 103 Å². The van der Waals surface area contributed by atoms with Gasteiger partial charge in [0.1, 0.15) is 18.0 Å². The van der Waals surface area contributed by atoms with E-state index in [-0.39, 0.29) is 18.0 Å². The van der Waals surface area contributed by atoms with E-state index in [1.54, 1.807) is 71.9 Å². The molecule has 5 rings (SSSR count). The summed E-state index contributed by atoms with van der Waals surface area (Å²) in [6.45, 7) is 0.573. The van der Waals surface area contributed by atoms with E-state index >= 15 is 0 Å². The molecule has 186 valence electrons. The van der Waals surface area contributed by atoms with Gasteiger partial charge < -0.3 is 9.47 Å². The molecule has 0 aliphatic heterocycles. The molecule has 0 aliphatic rings. The van der Waals surface area contributed by atoms with Crippen molar-refractivity contribution < 1.29 is 13.6 Å². The number of benzene rings is 4. The normalized spacial score (nSPS) is 10.7. The van der Waals surface area contributed by atoms with Gasteiger partial charge >= 0.3 is 0 Å². The van der Waals surface area contributed by atoms with Gasteiger partial charge in [0, 0.05) is 22.9 Å². The number of ketones is 1. The van der Waals surface area contributed by atoms with Crippen LogP contribution in [-0.4, -0.2) is 20.5 Å². The van der Waals surface area contributed by atoms with E-state index in [1.807, 2.05) is 22.8 Å². The highest BCUT2D eigenvalue weighted by atomic mass is 19.1. The van der Waals surface area contributed by atoms with Gasteiger partial charge in [-0.15, -0.1) is 10.2 Å². The molecule has 0 saturated carbocycles. The zero-order valence-electron chi connectivity index (χ0n) is 20.1. The van der Waals surface area contributed by atoms with Crippen molar-refractivity contribution >= 4 is 17.2 Å². The second-order valence-corrected chi connectivity index (χ2v) is 8.61. The highest BCUT2D eigenvalue weighted by Gasteiger charge is 2.19. The molecule has 8 heteroatoms. The lowest BCUT2D eigenvalue weighted by Gasteiger charge is -2.25. The van der Waals surface area contributed by atoms with Crippen molar-refractivity contribution in [2.24, 2.45) is 0 Å². The third-order valence-corrected chi connectivity index (χ3v) is 6.11. The predicted octanol–water partition coefficient (Wildman–Crippen LogP) is 6.05. The number of nitrogens with zero attached hydrogens (tertiary/aromatic N) is 5. The minimum absolute atomic E-state index is 0.126. The molecule has 1 aromatic heterocycles. The van der Waals surface area contributed by atoms with Gasteiger partial charge in [-0.1, -0.05) is 42.5 Å². The molecule has 0 saturated heterocycles. The van der Waals surface area contributed by atoms with Crippen LogP contribution in [0.5, 0.6) is 0 Å². The molecule has 6 nitrogen and oxygen atoms in total. The van der Waals surface area contributed by atoms with Crippen LogP contribution in [0.4, 0.5) is 20.2 Å². The fourth-order valence-corrected chi connectivity index (χ4v) is 4.12. The summed E-state index contributed by atoms with van der Waals surface area (Å²) in [5, 5.41) is 17.3. The summed E-state index contributed by atoms with van der Waals surface area (Å²) in [5.74, 6) is -0.993. The molecule has 0 spiro atoms. The van der Waals surface area contributed by atoms with Crippen molar-refractivity contribution in [2.75, 3.05) is 4.90 Å². The maximum Gasteiger partial charge on any atom is 0.193 e. The first kappa shape index (κ1) is 24.5. The second kappa shape index (κ2) is 10.8. The van der Waals surface area contributed by atoms with Crippen LogP contribution in [0.1, 0.15) is 32.9 Å². The number of carbonyl (C=O) groups excluding carboxylic acids is 1. The highest BCUT2D eigenvalue weighted by molar-refractivity contribution is 6.09. The number of aromatic nitrogens is 3. The Bertz CT molecular complexity index is 1610. The summed E-state index contributed by atoms with van der Waals surface area (Å²) in [7, 11) is 0. The molecule has 0 N–H and O–H groups in total. The number of hydrogen-bond acceptors (Lipinski definition) is 5. The first-order valence-electron chi connectivity index (χ1n) is 11.8. The fourth-order valence-electron chi connectivity index (χ4n) is 4.12. The Balaban J connectivity index is 1.46. The average molecular weight is 506 g/mol. The molecule has 0 radical (unpaired) electrons. The van der Waals surface area contributed by atoms with Crippen molar-refractivity contribution in [1.82, 2.24) is 14.8 Å². The predicted molar refractivity (Wildman–Crippen MR) is 139 cm³/mol. The molecule has 0 aliphatic carbocycles. The van der Waals surface area contributed by atoms with Crippen molar-refractivity contribution in [3.05, 3.63) is 143 Å². The monoisotopic (exact) mass is 505 g/mol. The Morgan fingerprint density at radius 1 is 0.895 bits per heavy atom. The first-order valence-corrected chi connectivity index (χ1v) is 11.8. The SMILES string of the molecule is N#Cc1ccc(Cn2cnnc2CN(c2ccc(C(=O)c3ccccc3)cc2)c2ccc(F)cc2F)cc1. The number of carbonyl (C=O) groups is 1. The van der Waals surface area contributed by atoms with Crippen LogP contribution in [0.25, 0.3) is 0 Å². The Morgan fingerprint density at radius 2 is 1.61 bits per heavy atom. The van der Waals surface area contributed by atoms with Crippen molar-refractivity contribution in [1.29, 1.82) is 5.26 Å². The van der Waals surface area contributed by atoms with E-state index in [0.29, 0.717) is 34.7 Å². The average Bonchev–Trinajstić information content (AvgIpc) is 3.39. The van der Waals surface area contributed by atoms with Gasteiger partial charge in [0.15, 0.2) is 11.6 Å². The number of anilines is 2. The van der Waals surface area contributed by atoms with E-state index < -0.39 is 11.6 Å². The molecule has 0 amide bonds. The highest BCUT2D eigenvalue weighted by Crippen LogP contribution is 2.31. The molecular formula is C30H21F2N5O. The van der Waals surface area contributed by atoms with Gasteiger partial charge in [0.2, 0.25) is 0 Å². The summed E-state index contributed by atoms with van der Waals surface area (Å²) < 4.78 is 30.5. The number of rotatable bonds is 8. The topological polar surface area (TPSA) is 74.8 Å². The maximum atomic E-state index is 15.0. The van der Waals surface area contributed by atoms with Crippen molar-refractivity contribution in [3.63, 3.8) is 0 Å². The summed E-state index contributed by atoms with van der Waals surface area (Å²) in [6.07, 6.45) is 1.58. The smallest absolute Gasteiger partial charge is 0.193 e. The van der Waals surface area contributed by atoms with E-state index in [2.05, 4.69) is 16.3 Å². The molecule has 0 bridgehead atoms. The van der Waals surface area contributed by atoms with Gasteiger partial charge in [-0.3, -0.25) is 4.79 Å². The molecule has 38 heavy (non-hydrogen) atoms. The van der Waals surface area contributed by atoms with Gasteiger partial charge in [0.05, 0.1) is 30.4 Å². The zero-order valence-corrected chi connectivity index (χ0v) is 20.1. The van der Waals surface area contributed by atoms with Crippen LogP contribution in [0.2, 0.25) is 0 Å². The van der Waals surface area contributed by atoms with Crippen LogP contribution in [0.3, 0.4) is 0 Å². The lowest BCUT2D eigenvalue weighted by atomic mass is 10.0. The molecule has 4 aromatic carbocycles. The molecule has 0 atom stereocenters. The Labute approximate surface area is 218 Å².